The van der Waals surface area contributed by atoms with Gasteiger partial charge in [0.05, 0.1) is 17.7 Å². The summed E-state index contributed by atoms with van der Waals surface area (Å²) in [7, 11) is 0. The molecule has 2 aliphatic heterocycles. The molecule has 1 fully saturated rings. The van der Waals surface area contributed by atoms with Crippen LogP contribution >= 0.6 is 23.4 Å². The zero-order valence-corrected chi connectivity index (χ0v) is 17.3. The van der Waals surface area contributed by atoms with Gasteiger partial charge in [-0.25, -0.2) is 14.4 Å². The summed E-state index contributed by atoms with van der Waals surface area (Å²) in [5, 5.41) is 3.62. The average molecular weight is 435 g/mol. The zero-order chi connectivity index (χ0) is 20.6. The highest BCUT2D eigenvalue weighted by molar-refractivity contribution is 8.13. The third-order valence-electron chi connectivity index (χ3n) is 5.35. The molecule has 3 N–H and O–H groups in total. The molecule has 0 radical (unpaired) electrons. The van der Waals surface area contributed by atoms with E-state index >= 15 is 0 Å². The van der Waals surface area contributed by atoms with E-state index in [1.54, 1.807) is 12.1 Å². The van der Waals surface area contributed by atoms with Gasteiger partial charge < -0.3 is 15.8 Å². The number of amidine groups is 1. The molecule has 0 saturated carbocycles. The minimum atomic E-state index is -0.890. The third kappa shape index (κ3) is 3.72. The lowest BCUT2D eigenvalue weighted by atomic mass is 9.78. The Morgan fingerprint density at radius 2 is 2.28 bits per heavy atom. The third-order valence-corrected chi connectivity index (χ3v) is 6.49. The number of nitrogens with one attached hydrogen (secondary N) is 1. The molecule has 152 valence electrons. The van der Waals surface area contributed by atoms with E-state index in [0.717, 1.165) is 6.42 Å². The van der Waals surface area contributed by atoms with Crippen LogP contribution in [0.1, 0.15) is 29.4 Å². The average Bonchev–Trinajstić information content (AvgIpc) is 3.08. The Morgan fingerprint density at radius 3 is 3.00 bits per heavy atom. The van der Waals surface area contributed by atoms with Crippen molar-refractivity contribution in [2.45, 2.75) is 25.0 Å². The highest BCUT2D eigenvalue weighted by Gasteiger charge is 2.53. The summed E-state index contributed by atoms with van der Waals surface area (Å²) in [6.07, 6.45) is 2.19. The Hall–Kier alpha value is -2.16. The first kappa shape index (κ1) is 20.1. The molecule has 0 aliphatic carbocycles. The van der Waals surface area contributed by atoms with Gasteiger partial charge in [-0.15, -0.1) is 0 Å². The number of hydrogen-bond acceptors (Lipinski definition) is 6. The number of aliphatic imine (C=N–C) groups is 1. The minimum Gasteiger partial charge on any atom is -0.379 e. The zero-order valence-electron chi connectivity index (χ0n) is 15.7. The Bertz CT molecular complexity index is 971. The van der Waals surface area contributed by atoms with Gasteiger partial charge >= 0.3 is 0 Å². The minimum absolute atomic E-state index is 0.00295. The number of nitrogens with zero attached hydrogens (tertiary/aromatic N) is 2. The van der Waals surface area contributed by atoms with E-state index in [4.69, 9.17) is 22.1 Å². The number of rotatable bonds is 4. The van der Waals surface area contributed by atoms with Crippen molar-refractivity contribution >= 4 is 40.1 Å². The van der Waals surface area contributed by atoms with E-state index in [9.17, 15) is 9.18 Å². The number of ether oxygens (including phenoxy) is 1. The smallest absolute Gasteiger partial charge is 0.274 e. The number of carbonyl (C=O) groups is 1. The van der Waals surface area contributed by atoms with Crippen molar-refractivity contribution in [2.24, 2.45) is 16.6 Å². The molecule has 1 amide bonds. The highest BCUT2D eigenvalue weighted by atomic mass is 35.5. The highest BCUT2D eigenvalue weighted by Crippen LogP contribution is 2.49. The first-order valence-corrected chi connectivity index (χ1v) is 10.6. The summed E-state index contributed by atoms with van der Waals surface area (Å²) >= 11 is 7.28. The molecule has 4 rings (SSSR count). The van der Waals surface area contributed by atoms with Gasteiger partial charge in [-0.3, -0.25) is 4.79 Å². The first-order chi connectivity index (χ1) is 13.9. The molecule has 9 heteroatoms. The number of thioether (sulfide) groups is 1. The number of anilines is 1. The van der Waals surface area contributed by atoms with Crippen molar-refractivity contribution in [1.29, 1.82) is 0 Å². The molecule has 0 unspecified atom stereocenters. The van der Waals surface area contributed by atoms with Crippen LogP contribution in [0.2, 0.25) is 5.02 Å². The second kappa shape index (κ2) is 7.93. The number of halogens is 2. The standard InChI is InChI=1S/C20H20ClFN4O2S/c1-2-17-14-9-29-19(23)26-20(14,10-28-17)13-7-12(4-5-15(13)22)25-18(27)16-6-3-11(21)8-24-16/h3-8,14,17H,2,9-10H2,1H3,(H2,23,26)(H,25,27)/t14-,17+,20+/m1/s1. The Kier molecular flexibility index (Phi) is 5.50. The molecular weight excluding hydrogens is 415 g/mol. The van der Waals surface area contributed by atoms with Gasteiger partial charge in [0, 0.05) is 29.1 Å². The van der Waals surface area contributed by atoms with Crippen LogP contribution in [0.3, 0.4) is 0 Å². The number of benzene rings is 1. The van der Waals surface area contributed by atoms with Gasteiger partial charge in [0.25, 0.3) is 5.91 Å². The summed E-state index contributed by atoms with van der Waals surface area (Å²) in [6.45, 7) is 2.30. The van der Waals surface area contributed by atoms with E-state index in [2.05, 4.69) is 15.3 Å². The van der Waals surface area contributed by atoms with Crippen LogP contribution in [0.4, 0.5) is 10.1 Å². The fourth-order valence-electron chi connectivity index (χ4n) is 3.91. The summed E-state index contributed by atoms with van der Waals surface area (Å²) < 4.78 is 20.9. The van der Waals surface area contributed by atoms with Crippen molar-refractivity contribution in [2.75, 3.05) is 17.7 Å². The van der Waals surface area contributed by atoms with Crippen LogP contribution < -0.4 is 11.1 Å². The molecule has 1 aromatic heterocycles. The van der Waals surface area contributed by atoms with E-state index in [0.29, 0.717) is 27.2 Å². The van der Waals surface area contributed by atoms with Crippen molar-refractivity contribution in [3.63, 3.8) is 0 Å². The Morgan fingerprint density at radius 1 is 1.45 bits per heavy atom. The number of aromatic nitrogens is 1. The number of carbonyl (C=O) groups excluding carboxylic acids is 1. The Labute approximate surface area is 177 Å². The number of pyridine rings is 1. The van der Waals surface area contributed by atoms with E-state index in [-0.39, 0.29) is 24.3 Å². The fourth-order valence-corrected chi connectivity index (χ4v) is 5.09. The lowest BCUT2D eigenvalue weighted by molar-refractivity contribution is 0.0904. The number of hydrogen-bond donors (Lipinski definition) is 2. The molecule has 6 nitrogen and oxygen atoms in total. The van der Waals surface area contributed by atoms with Crippen molar-refractivity contribution in [3.8, 4) is 0 Å². The summed E-state index contributed by atoms with van der Waals surface area (Å²) in [4.78, 5) is 21.1. The quantitative estimate of drug-likeness (QED) is 0.763. The van der Waals surface area contributed by atoms with Gasteiger partial charge in [0.15, 0.2) is 5.17 Å². The van der Waals surface area contributed by atoms with E-state index < -0.39 is 17.3 Å². The van der Waals surface area contributed by atoms with Crippen molar-refractivity contribution in [3.05, 3.63) is 58.6 Å². The SMILES string of the molecule is CC[C@@H]1OC[C@@]2(c3cc(NC(=O)c4ccc(Cl)cn4)ccc3F)N=C(N)SC[C@H]12. The van der Waals surface area contributed by atoms with Crippen molar-refractivity contribution in [1.82, 2.24) is 4.98 Å². The largest absolute Gasteiger partial charge is 0.379 e. The monoisotopic (exact) mass is 434 g/mol. The topological polar surface area (TPSA) is 89.6 Å². The second-order valence-electron chi connectivity index (χ2n) is 7.06. The first-order valence-electron chi connectivity index (χ1n) is 9.25. The fraction of sp³-hybridized carbons (Fsp3) is 0.350. The van der Waals surface area contributed by atoms with Crippen LogP contribution in [-0.4, -0.2) is 34.5 Å². The molecular formula is C20H20ClFN4O2S. The predicted octanol–water partition coefficient (Wildman–Crippen LogP) is 3.81. The van der Waals surface area contributed by atoms with Crippen LogP contribution in [0.15, 0.2) is 41.5 Å². The summed E-state index contributed by atoms with van der Waals surface area (Å²) in [6, 6.07) is 7.57. The maximum absolute atomic E-state index is 14.9. The lowest BCUT2D eigenvalue weighted by Crippen LogP contribution is -2.42. The summed E-state index contributed by atoms with van der Waals surface area (Å²) in [5.41, 5.74) is 6.15. The van der Waals surface area contributed by atoms with Crippen LogP contribution in [0.25, 0.3) is 0 Å². The molecule has 1 saturated heterocycles. The molecule has 0 bridgehead atoms. The van der Waals surface area contributed by atoms with Gasteiger partial charge in [0.1, 0.15) is 17.1 Å². The molecule has 1 aromatic carbocycles. The van der Waals surface area contributed by atoms with Gasteiger partial charge in [-0.05, 0) is 36.8 Å². The number of amides is 1. The Balaban J connectivity index is 1.68. The van der Waals surface area contributed by atoms with Crippen LogP contribution in [0.5, 0.6) is 0 Å². The van der Waals surface area contributed by atoms with E-state index in [1.807, 2.05) is 6.92 Å². The molecule has 0 spiro atoms. The normalized spacial score (nSPS) is 26.0. The second-order valence-corrected chi connectivity index (χ2v) is 8.54. The summed E-state index contributed by atoms with van der Waals surface area (Å²) in [5.74, 6) is -0.104. The molecule has 2 aliphatic rings. The van der Waals surface area contributed by atoms with Gasteiger partial charge in [-0.1, -0.05) is 30.3 Å². The predicted molar refractivity (Wildman–Crippen MR) is 113 cm³/mol. The molecule has 29 heavy (non-hydrogen) atoms. The molecule has 2 aromatic rings. The maximum atomic E-state index is 14.9. The molecule has 3 atom stereocenters. The van der Waals surface area contributed by atoms with Crippen LogP contribution in [-0.2, 0) is 10.3 Å². The lowest BCUT2D eigenvalue weighted by Gasteiger charge is -2.36. The van der Waals surface area contributed by atoms with E-state index in [1.165, 1.54) is 36.2 Å². The number of fused-ring (bicyclic) bond motifs is 1. The van der Waals surface area contributed by atoms with Gasteiger partial charge in [0.2, 0.25) is 0 Å². The molecule has 3 heterocycles. The maximum Gasteiger partial charge on any atom is 0.274 e. The number of nitrogens with two attached hydrogens (primary N) is 1. The van der Waals surface area contributed by atoms with Crippen molar-refractivity contribution < 1.29 is 13.9 Å². The van der Waals surface area contributed by atoms with Crippen LogP contribution in [0, 0.1) is 11.7 Å². The van der Waals surface area contributed by atoms with Gasteiger partial charge in [-0.2, -0.15) is 0 Å².